The quantitative estimate of drug-likeness (QED) is 0.482. The second-order valence-corrected chi connectivity index (χ2v) is 5.66. The van der Waals surface area contributed by atoms with Gasteiger partial charge in [-0.1, -0.05) is 0 Å². The van der Waals surface area contributed by atoms with Crippen LogP contribution in [-0.4, -0.2) is 28.2 Å². The summed E-state index contributed by atoms with van der Waals surface area (Å²) in [7, 11) is -0.485. The zero-order chi connectivity index (χ0) is 15.0. The van der Waals surface area contributed by atoms with Crippen molar-refractivity contribution in [3.63, 3.8) is 0 Å². The maximum absolute atomic E-state index is 10.7. The molecule has 0 aliphatic carbocycles. The molecule has 1 aromatic rings. The van der Waals surface area contributed by atoms with E-state index in [-0.39, 0.29) is 5.82 Å². The van der Waals surface area contributed by atoms with Gasteiger partial charge < -0.3 is 19.4 Å². The van der Waals surface area contributed by atoms with E-state index in [0.29, 0.717) is 5.69 Å². The Balaban J connectivity index is 2.12. The van der Waals surface area contributed by atoms with Gasteiger partial charge >= 0.3 is 12.9 Å². The minimum Gasteiger partial charge on any atom is -0.400 e. The van der Waals surface area contributed by atoms with Gasteiger partial charge in [0, 0.05) is 6.07 Å². The minimum atomic E-state index is -0.522. The molecule has 0 atom stereocenters. The number of aromatic nitrogens is 1. The first-order chi connectivity index (χ1) is 9.21. The minimum absolute atomic E-state index is 0.180. The maximum Gasteiger partial charge on any atom is 0.487 e. The van der Waals surface area contributed by atoms with Crippen LogP contribution in [0.5, 0.6) is 0 Å². The van der Waals surface area contributed by atoms with Crippen molar-refractivity contribution in [3.8, 4) is 0 Å². The van der Waals surface area contributed by atoms with E-state index in [0.717, 1.165) is 0 Å². The van der Waals surface area contributed by atoms with Crippen molar-refractivity contribution >= 4 is 19.0 Å². The Kier molecular flexibility index (Phi) is 3.66. The molecule has 0 bridgehead atoms. The standard InChI is InChI=1S/C13H17BN2O4/c1-12(2)13(3,4)20-14(19-12)9-8-10-6-5-7-11(15-10)16(17)18/h5-9H,1-4H3/b9-8+. The van der Waals surface area contributed by atoms with Crippen LogP contribution < -0.4 is 0 Å². The van der Waals surface area contributed by atoms with Crippen LogP contribution in [0.1, 0.15) is 33.4 Å². The molecule has 2 rings (SSSR count). The first-order valence-corrected chi connectivity index (χ1v) is 6.36. The Morgan fingerprint density at radius 2 is 1.85 bits per heavy atom. The number of rotatable bonds is 3. The highest BCUT2D eigenvalue weighted by atomic mass is 16.7. The fourth-order valence-electron chi connectivity index (χ4n) is 1.78. The molecule has 1 aliphatic heterocycles. The second kappa shape index (κ2) is 4.99. The zero-order valence-electron chi connectivity index (χ0n) is 12.0. The number of nitro groups is 1. The largest absolute Gasteiger partial charge is 0.487 e. The van der Waals surface area contributed by atoms with E-state index in [9.17, 15) is 10.1 Å². The Hall–Kier alpha value is -1.73. The van der Waals surface area contributed by atoms with Crippen molar-refractivity contribution < 1.29 is 14.2 Å². The summed E-state index contributed by atoms with van der Waals surface area (Å²) in [5, 5.41) is 10.7. The van der Waals surface area contributed by atoms with Crippen molar-refractivity contribution in [2.45, 2.75) is 38.9 Å². The molecule has 7 heteroatoms. The third kappa shape index (κ3) is 2.89. The van der Waals surface area contributed by atoms with E-state index in [1.165, 1.54) is 6.07 Å². The Bertz CT molecular complexity index is 541. The highest BCUT2D eigenvalue weighted by molar-refractivity contribution is 6.52. The molecule has 0 radical (unpaired) electrons. The third-order valence-corrected chi connectivity index (χ3v) is 3.64. The van der Waals surface area contributed by atoms with E-state index in [2.05, 4.69) is 4.98 Å². The first-order valence-electron chi connectivity index (χ1n) is 6.36. The number of hydrogen-bond donors (Lipinski definition) is 0. The van der Waals surface area contributed by atoms with Gasteiger partial charge in [0.15, 0.2) is 5.69 Å². The van der Waals surface area contributed by atoms with E-state index < -0.39 is 23.2 Å². The highest BCUT2D eigenvalue weighted by Crippen LogP contribution is 2.36. The highest BCUT2D eigenvalue weighted by Gasteiger charge is 2.50. The average molecular weight is 276 g/mol. The van der Waals surface area contributed by atoms with Crippen molar-refractivity contribution in [3.05, 3.63) is 40.0 Å². The van der Waals surface area contributed by atoms with E-state index in [4.69, 9.17) is 9.31 Å². The van der Waals surface area contributed by atoms with Gasteiger partial charge in [0.05, 0.1) is 11.2 Å². The summed E-state index contributed by atoms with van der Waals surface area (Å²) in [5.74, 6) is 1.53. The molecule has 2 heterocycles. The molecule has 106 valence electrons. The molecule has 0 amide bonds. The molecule has 0 unspecified atom stereocenters. The predicted molar refractivity (Wildman–Crippen MR) is 76.0 cm³/mol. The van der Waals surface area contributed by atoms with Crippen LogP contribution >= 0.6 is 0 Å². The SMILES string of the molecule is CC1(C)OB(/C=C/c2cccc([N+](=O)[O-])n2)OC1(C)C. The summed E-state index contributed by atoms with van der Waals surface area (Å²) in [5.41, 5.74) is -0.315. The van der Waals surface area contributed by atoms with Crippen LogP contribution in [0.4, 0.5) is 5.82 Å². The van der Waals surface area contributed by atoms with Crippen LogP contribution in [0.15, 0.2) is 24.2 Å². The van der Waals surface area contributed by atoms with Crippen molar-refractivity contribution in [1.29, 1.82) is 0 Å². The van der Waals surface area contributed by atoms with E-state index in [1.54, 1.807) is 24.2 Å². The number of nitrogens with zero attached hydrogens (tertiary/aromatic N) is 2. The van der Waals surface area contributed by atoms with Gasteiger partial charge in [-0.25, -0.2) is 0 Å². The Morgan fingerprint density at radius 1 is 1.25 bits per heavy atom. The summed E-state index contributed by atoms with van der Waals surface area (Å²) >= 11 is 0. The topological polar surface area (TPSA) is 74.5 Å². The Morgan fingerprint density at radius 3 is 2.40 bits per heavy atom. The summed E-state index contributed by atoms with van der Waals surface area (Å²) in [4.78, 5) is 14.0. The molecule has 1 saturated heterocycles. The van der Waals surface area contributed by atoms with Gasteiger partial charge in [0.25, 0.3) is 0 Å². The van der Waals surface area contributed by atoms with Crippen LogP contribution in [0.3, 0.4) is 0 Å². The fraction of sp³-hybridized carbons (Fsp3) is 0.462. The molecule has 0 aromatic carbocycles. The molecule has 20 heavy (non-hydrogen) atoms. The zero-order valence-corrected chi connectivity index (χ0v) is 12.0. The van der Waals surface area contributed by atoms with Crippen LogP contribution in [0.2, 0.25) is 0 Å². The van der Waals surface area contributed by atoms with E-state index >= 15 is 0 Å². The molecule has 6 nitrogen and oxygen atoms in total. The monoisotopic (exact) mass is 276 g/mol. The summed E-state index contributed by atoms with van der Waals surface area (Å²) < 4.78 is 11.6. The normalized spacial score (nSPS) is 20.5. The van der Waals surface area contributed by atoms with Crippen LogP contribution in [-0.2, 0) is 9.31 Å². The number of pyridine rings is 1. The molecular weight excluding hydrogens is 259 g/mol. The fourth-order valence-corrected chi connectivity index (χ4v) is 1.78. The van der Waals surface area contributed by atoms with E-state index in [1.807, 2.05) is 27.7 Å². The van der Waals surface area contributed by atoms with Crippen LogP contribution in [0, 0.1) is 10.1 Å². The van der Waals surface area contributed by atoms with Gasteiger partial charge in [-0.2, -0.15) is 0 Å². The molecule has 0 spiro atoms. The lowest BCUT2D eigenvalue weighted by atomic mass is 9.89. The maximum atomic E-state index is 10.7. The molecule has 1 aromatic heterocycles. The van der Waals surface area contributed by atoms with Crippen molar-refractivity contribution in [1.82, 2.24) is 4.98 Å². The van der Waals surface area contributed by atoms with Crippen molar-refractivity contribution in [2.24, 2.45) is 0 Å². The second-order valence-electron chi connectivity index (χ2n) is 5.66. The van der Waals surface area contributed by atoms with Gasteiger partial charge in [-0.3, -0.25) is 0 Å². The molecule has 0 N–H and O–H groups in total. The summed E-state index contributed by atoms with van der Waals surface area (Å²) in [6, 6.07) is 4.63. The van der Waals surface area contributed by atoms with Gasteiger partial charge in [-0.15, -0.1) is 0 Å². The Labute approximate surface area is 118 Å². The smallest absolute Gasteiger partial charge is 0.400 e. The summed E-state index contributed by atoms with van der Waals surface area (Å²) in [6.45, 7) is 7.86. The predicted octanol–water partition coefficient (Wildman–Crippen LogP) is 2.63. The first kappa shape index (κ1) is 14.7. The molecule has 1 aliphatic rings. The van der Waals surface area contributed by atoms with Gasteiger partial charge in [-0.05, 0) is 61.8 Å². The lowest BCUT2D eigenvalue weighted by Gasteiger charge is -2.32. The lowest BCUT2D eigenvalue weighted by Crippen LogP contribution is -2.41. The lowest BCUT2D eigenvalue weighted by molar-refractivity contribution is -0.389. The third-order valence-electron chi connectivity index (χ3n) is 3.64. The van der Waals surface area contributed by atoms with Crippen molar-refractivity contribution in [2.75, 3.05) is 0 Å². The number of hydrogen-bond acceptors (Lipinski definition) is 5. The van der Waals surface area contributed by atoms with Gasteiger partial charge in [0.1, 0.15) is 0 Å². The molecular formula is C13H17BN2O4. The molecule has 0 saturated carbocycles. The van der Waals surface area contributed by atoms with Crippen LogP contribution in [0.25, 0.3) is 6.08 Å². The average Bonchev–Trinajstić information content (AvgIpc) is 2.56. The van der Waals surface area contributed by atoms with Gasteiger partial charge in [0.2, 0.25) is 0 Å². The molecule has 1 fully saturated rings. The summed E-state index contributed by atoms with van der Waals surface area (Å²) in [6.07, 6.45) is 1.66.